The van der Waals surface area contributed by atoms with Crippen LogP contribution in [0.1, 0.15) is 22.8 Å². The molecule has 0 aliphatic carbocycles. The molecule has 4 heteroatoms. The SMILES string of the molecule is CCOc1ccc2c(c1)C(=O)OC(C#N)C2. The van der Waals surface area contributed by atoms with Crippen molar-refractivity contribution >= 4 is 5.97 Å². The fourth-order valence-corrected chi connectivity index (χ4v) is 1.69. The number of esters is 1. The monoisotopic (exact) mass is 217 g/mol. The number of benzene rings is 1. The van der Waals surface area contributed by atoms with Crippen LogP contribution in [-0.2, 0) is 11.2 Å². The number of nitrogens with zero attached hydrogens (tertiary/aromatic N) is 1. The molecule has 0 saturated heterocycles. The van der Waals surface area contributed by atoms with E-state index in [4.69, 9.17) is 14.7 Å². The first-order chi connectivity index (χ1) is 7.74. The molecule has 16 heavy (non-hydrogen) atoms. The predicted octanol–water partition coefficient (Wildman–Crippen LogP) is 1.69. The maximum atomic E-state index is 11.6. The number of carbonyl (C=O) groups is 1. The number of carbonyl (C=O) groups excluding carboxylic acids is 1. The third-order valence-electron chi connectivity index (χ3n) is 2.41. The van der Waals surface area contributed by atoms with Crippen LogP contribution in [0.15, 0.2) is 18.2 Å². The lowest BCUT2D eigenvalue weighted by Crippen LogP contribution is -2.26. The van der Waals surface area contributed by atoms with Crippen LogP contribution in [0.5, 0.6) is 5.75 Å². The van der Waals surface area contributed by atoms with E-state index in [0.29, 0.717) is 24.3 Å². The van der Waals surface area contributed by atoms with Crippen molar-refractivity contribution in [1.82, 2.24) is 0 Å². The molecular formula is C12H11NO3. The Morgan fingerprint density at radius 3 is 3.12 bits per heavy atom. The summed E-state index contributed by atoms with van der Waals surface area (Å²) in [5, 5.41) is 8.72. The molecule has 1 aromatic rings. The quantitative estimate of drug-likeness (QED) is 0.707. The molecule has 1 aliphatic heterocycles. The Labute approximate surface area is 93.4 Å². The number of hydrogen-bond donors (Lipinski definition) is 0. The molecule has 0 amide bonds. The van der Waals surface area contributed by atoms with Gasteiger partial charge in [0, 0.05) is 6.42 Å². The number of fused-ring (bicyclic) bond motifs is 1. The fraction of sp³-hybridized carbons (Fsp3) is 0.333. The third-order valence-corrected chi connectivity index (χ3v) is 2.41. The largest absolute Gasteiger partial charge is 0.494 e. The summed E-state index contributed by atoms with van der Waals surface area (Å²) in [6, 6.07) is 7.21. The zero-order valence-electron chi connectivity index (χ0n) is 8.90. The Morgan fingerprint density at radius 2 is 2.44 bits per heavy atom. The van der Waals surface area contributed by atoms with Gasteiger partial charge in [-0.2, -0.15) is 5.26 Å². The summed E-state index contributed by atoms with van der Waals surface area (Å²) in [5.41, 5.74) is 1.34. The van der Waals surface area contributed by atoms with Crippen LogP contribution in [0.2, 0.25) is 0 Å². The minimum absolute atomic E-state index is 0.448. The van der Waals surface area contributed by atoms with E-state index in [1.54, 1.807) is 12.1 Å². The first-order valence-electron chi connectivity index (χ1n) is 5.11. The van der Waals surface area contributed by atoms with Crippen molar-refractivity contribution in [2.45, 2.75) is 19.4 Å². The number of nitriles is 1. The van der Waals surface area contributed by atoms with Crippen molar-refractivity contribution in [3.05, 3.63) is 29.3 Å². The Balaban J connectivity index is 2.34. The molecule has 1 unspecified atom stereocenters. The standard InChI is InChI=1S/C12H11NO3/c1-2-15-9-4-3-8-5-10(7-13)16-12(14)11(8)6-9/h3-4,6,10H,2,5H2,1H3. The number of ether oxygens (including phenoxy) is 2. The second-order valence-electron chi connectivity index (χ2n) is 3.48. The Kier molecular flexibility index (Phi) is 2.78. The Bertz CT molecular complexity index is 462. The van der Waals surface area contributed by atoms with Gasteiger partial charge in [0.25, 0.3) is 0 Å². The highest BCUT2D eigenvalue weighted by molar-refractivity contribution is 5.92. The molecule has 0 bridgehead atoms. The maximum Gasteiger partial charge on any atom is 0.339 e. The second-order valence-corrected chi connectivity index (χ2v) is 3.48. The van der Waals surface area contributed by atoms with Gasteiger partial charge in [0.2, 0.25) is 0 Å². The summed E-state index contributed by atoms with van der Waals surface area (Å²) >= 11 is 0. The smallest absolute Gasteiger partial charge is 0.339 e. The van der Waals surface area contributed by atoms with Crippen LogP contribution in [-0.4, -0.2) is 18.7 Å². The topological polar surface area (TPSA) is 59.3 Å². The molecule has 1 atom stereocenters. The number of cyclic esters (lactones) is 1. The first kappa shape index (κ1) is 10.5. The van der Waals surface area contributed by atoms with Crippen LogP contribution in [0.3, 0.4) is 0 Å². The number of rotatable bonds is 2. The average molecular weight is 217 g/mol. The lowest BCUT2D eigenvalue weighted by Gasteiger charge is -2.20. The van der Waals surface area contributed by atoms with Crippen molar-refractivity contribution in [3.8, 4) is 11.8 Å². The minimum atomic E-state index is -0.669. The molecule has 2 rings (SSSR count). The van der Waals surface area contributed by atoms with Gasteiger partial charge in [0.1, 0.15) is 11.8 Å². The molecule has 1 heterocycles. The summed E-state index contributed by atoms with van der Waals surface area (Å²) in [7, 11) is 0. The van der Waals surface area contributed by atoms with Crippen molar-refractivity contribution < 1.29 is 14.3 Å². The van der Waals surface area contributed by atoms with Gasteiger partial charge in [-0.25, -0.2) is 4.79 Å². The third kappa shape index (κ3) is 1.84. The van der Waals surface area contributed by atoms with E-state index in [1.165, 1.54) is 0 Å². The molecular weight excluding hydrogens is 206 g/mol. The van der Waals surface area contributed by atoms with Gasteiger partial charge in [-0.15, -0.1) is 0 Å². The molecule has 4 nitrogen and oxygen atoms in total. The summed E-state index contributed by atoms with van der Waals surface area (Å²) in [6.07, 6.45) is -0.220. The number of hydrogen-bond acceptors (Lipinski definition) is 4. The van der Waals surface area contributed by atoms with Gasteiger partial charge >= 0.3 is 5.97 Å². The molecule has 1 aliphatic rings. The Hall–Kier alpha value is -2.02. The van der Waals surface area contributed by atoms with E-state index < -0.39 is 12.1 Å². The summed E-state index contributed by atoms with van der Waals surface area (Å²) < 4.78 is 10.2. The molecule has 0 fully saturated rings. The Morgan fingerprint density at radius 1 is 1.62 bits per heavy atom. The van der Waals surface area contributed by atoms with Crippen molar-refractivity contribution in [2.75, 3.05) is 6.61 Å². The molecule has 0 aromatic heterocycles. The van der Waals surface area contributed by atoms with E-state index in [2.05, 4.69) is 0 Å². The zero-order valence-corrected chi connectivity index (χ0v) is 8.90. The lowest BCUT2D eigenvalue weighted by atomic mass is 9.99. The summed E-state index contributed by atoms with van der Waals surface area (Å²) in [4.78, 5) is 11.6. The molecule has 0 radical (unpaired) electrons. The van der Waals surface area contributed by atoms with E-state index in [-0.39, 0.29) is 0 Å². The predicted molar refractivity (Wildman–Crippen MR) is 56.1 cm³/mol. The van der Waals surface area contributed by atoms with Gasteiger partial charge in [-0.05, 0) is 24.6 Å². The van der Waals surface area contributed by atoms with Crippen LogP contribution in [0, 0.1) is 11.3 Å². The van der Waals surface area contributed by atoms with Gasteiger partial charge in [0.05, 0.1) is 12.2 Å². The summed E-state index contributed by atoms with van der Waals surface area (Å²) in [6.45, 7) is 2.43. The molecule has 1 aromatic carbocycles. The molecule has 0 saturated carbocycles. The molecule has 0 N–H and O–H groups in total. The molecule has 0 spiro atoms. The van der Waals surface area contributed by atoms with E-state index in [1.807, 2.05) is 19.1 Å². The first-order valence-corrected chi connectivity index (χ1v) is 5.11. The lowest BCUT2D eigenvalue weighted by molar-refractivity contribution is 0.0370. The van der Waals surface area contributed by atoms with E-state index in [0.717, 1.165) is 5.56 Å². The fourth-order valence-electron chi connectivity index (χ4n) is 1.69. The van der Waals surface area contributed by atoms with Gasteiger partial charge in [-0.3, -0.25) is 0 Å². The second kappa shape index (κ2) is 4.23. The highest BCUT2D eigenvalue weighted by Crippen LogP contribution is 2.24. The van der Waals surface area contributed by atoms with Crippen molar-refractivity contribution in [1.29, 1.82) is 5.26 Å². The minimum Gasteiger partial charge on any atom is -0.494 e. The van der Waals surface area contributed by atoms with Gasteiger partial charge < -0.3 is 9.47 Å². The van der Waals surface area contributed by atoms with Crippen LogP contribution < -0.4 is 4.74 Å². The van der Waals surface area contributed by atoms with Gasteiger partial charge in [-0.1, -0.05) is 6.07 Å². The maximum absolute atomic E-state index is 11.6. The van der Waals surface area contributed by atoms with Crippen LogP contribution >= 0.6 is 0 Å². The van der Waals surface area contributed by atoms with E-state index in [9.17, 15) is 4.79 Å². The normalized spacial score (nSPS) is 18.2. The van der Waals surface area contributed by atoms with Gasteiger partial charge in [0.15, 0.2) is 6.10 Å². The summed E-state index contributed by atoms with van der Waals surface area (Å²) in [5.74, 6) is 0.197. The van der Waals surface area contributed by atoms with Crippen molar-refractivity contribution in [3.63, 3.8) is 0 Å². The van der Waals surface area contributed by atoms with Crippen LogP contribution in [0.4, 0.5) is 0 Å². The highest BCUT2D eigenvalue weighted by Gasteiger charge is 2.26. The average Bonchev–Trinajstić information content (AvgIpc) is 2.30. The van der Waals surface area contributed by atoms with Crippen LogP contribution in [0.25, 0.3) is 0 Å². The van der Waals surface area contributed by atoms with E-state index >= 15 is 0 Å². The zero-order chi connectivity index (χ0) is 11.5. The molecule has 82 valence electrons. The highest BCUT2D eigenvalue weighted by atomic mass is 16.5. The van der Waals surface area contributed by atoms with Crippen molar-refractivity contribution in [2.24, 2.45) is 0 Å².